The third-order valence-electron chi connectivity index (χ3n) is 4.94. The van der Waals surface area contributed by atoms with Gasteiger partial charge < -0.3 is 19.7 Å². The van der Waals surface area contributed by atoms with Crippen LogP contribution < -0.4 is 10.1 Å². The number of carbonyl (C=O) groups is 2. The Morgan fingerprint density at radius 3 is 2.44 bits per heavy atom. The minimum absolute atomic E-state index is 0.0568. The van der Waals surface area contributed by atoms with E-state index >= 15 is 0 Å². The molecule has 2 aromatic rings. The third-order valence-corrected chi connectivity index (χ3v) is 6.83. The second-order valence-corrected chi connectivity index (χ2v) is 8.82. The van der Waals surface area contributed by atoms with Crippen LogP contribution in [0, 0.1) is 5.82 Å². The van der Waals surface area contributed by atoms with Gasteiger partial charge in [-0.25, -0.2) is 17.6 Å². The first kappa shape index (κ1) is 23.5. The van der Waals surface area contributed by atoms with E-state index in [1.54, 1.807) is 31.2 Å². The van der Waals surface area contributed by atoms with Gasteiger partial charge in [-0.1, -0.05) is 12.1 Å². The Balaban J connectivity index is 1.78. The van der Waals surface area contributed by atoms with Crippen molar-refractivity contribution in [1.82, 2.24) is 9.21 Å². The Labute approximate surface area is 185 Å². The summed E-state index contributed by atoms with van der Waals surface area (Å²) in [6.07, 6.45) is -0.498. The Morgan fingerprint density at radius 2 is 1.78 bits per heavy atom. The van der Waals surface area contributed by atoms with Crippen molar-refractivity contribution in [1.29, 1.82) is 0 Å². The maximum atomic E-state index is 14.4. The zero-order valence-electron chi connectivity index (χ0n) is 17.7. The molecule has 0 bridgehead atoms. The topological polar surface area (TPSA) is 105 Å². The molecule has 0 aliphatic carbocycles. The summed E-state index contributed by atoms with van der Waals surface area (Å²) in [6.45, 7) is 2.37. The lowest BCUT2D eigenvalue weighted by molar-refractivity contribution is 0.0933. The fraction of sp³-hybridized carbons (Fsp3) is 0.333. The average molecular weight is 466 g/mol. The number of amides is 2. The molecule has 1 aliphatic rings. The highest BCUT2D eigenvalue weighted by atomic mass is 32.2. The molecule has 0 unspecified atom stereocenters. The number of nitrogens with one attached hydrogen (secondary N) is 1. The Kier molecular flexibility index (Phi) is 7.31. The molecular weight excluding hydrogens is 441 g/mol. The summed E-state index contributed by atoms with van der Waals surface area (Å²) >= 11 is 0. The smallest absolute Gasteiger partial charge is 0.409 e. The van der Waals surface area contributed by atoms with E-state index < -0.39 is 33.4 Å². The number of nitrogens with zero attached hydrogens (tertiary/aromatic N) is 2. The summed E-state index contributed by atoms with van der Waals surface area (Å²) < 4.78 is 51.8. The van der Waals surface area contributed by atoms with E-state index in [1.807, 2.05) is 0 Å². The van der Waals surface area contributed by atoms with Gasteiger partial charge in [0.1, 0.15) is 11.6 Å². The lowest BCUT2D eigenvalue weighted by atomic mass is 10.2. The number of hydrogen-bond donors (Lipinski definition) is 1. The highest BCUT2D eigenvalue weighted by Crippen LogP contribution is 2.25. The molecule has 1 fully saturated rings. The van der Waals surface area contributed by atoms with Gasteiger partial charge in [0.25, 0.3) is 5.91 Å². The van der Waals surface area contributed by atoms with E-state index in [0.717, 1.165) is 18.2 Å². The van der Waals surface area contributed by atoms with Crippen LogP contribution in [0.1, 0.15) is 17.3 Å². The number of anilines is 1. The fourth-order valence-corrected chi connectivity index (χ4v) is 4.70. The van der Waals surface area contributed by atoms with Crippen molar-refractivity contribution < 1.29 is 31.9 Å². The first-order valence-corrected chi connectivity index (χ1v) is 11.4. The molecular formula is C21H24FN3O6S. The number of para-hydroxylation sites is 2. The number of benzene rings is 2. The molecule has 11 heteroatoms. The summed E-state index contributed by atoms with van der Waals surface area (Å²) in [7, 11) is -2.57. The van der Waals surface area contributed by atoms with Gasteiger partial charge >= 0.3 is 6.09 Å². The number of methoxy groups -OCH3 is 1. The van der Waals surface area contributed by atoms with Crippen LogP contribution in [0.5, 0.6) is 5.75 Å². The zero-order valence-corrected chi connectivity index (χ0v) is 18.5. The van der Waals surface area contributed by atoms with Gasteiger partial charge in [0, 0.05) is 26.2 Å². The van der Waals surface area contributed by atoms with Gasteiger partial charge in [-0.3, -0.25) is 4.79 Å². The van der Waals surface area contributed by atoms with Crippen molar-refractivity contribution in [2.24, 2.45) is 0 Å². The molecule has 9 nitrogen and oxygen atoms in total. The highest BCUT2D eigenvalue weighted by molar-refractivity contribution is 7.89. The lowest BCUT2D eigenvalue weighted by Crippen LogP contribution is -2.50. The normalized spacial score (nSPS) is 14.7. The van der Waals surface area contributed by atoms with E-state index in [0.29, 0.717) is 11.4 Å². The predicted octanol–water partition coefficient (Wildman–Crippen LogP) is 2.55. The van der Waals surface area contributed by atoms with E-state index in [9.17, 15) is 22.4 Å². The quantitative estimate of drug-likeness (QED) is 0.703. The van der Waals surface area contributed by atoms with Gasteiger partial charge in [-0.05, 0) is 37.3 Å². The van der Waals surface area contributed by atoms with E-state index in [-0.39, 0.29) is 37.7 Å². The predicted molar refractivity (Wildman–Crippen MR) is 115 cm³/mol. The van der Waals surface area contributed by atoms with Crippen molar-refractivity contribution in [3.63, 3.8) is 0 Å². The molecule has 0 aromatic heterocycles. The number of hydrogen-bond acceptors (Lipinski definition) is 6. The minimum Gasteiger partial charge on any atom is -0.495 e. The van der Waals surface area contributed by atoms with Crippen LogP contribution in [-0.4, -0.2) is 69.5 Å². The van der Waals surface area contributed by atoms with E-state index in [2.05, 4.69) is 5.32 Å². The summed E-state index contributed by atoms with van der Waals surface area (Å²) in [6, 6.07) is 9.66. The van der Waals surface area contributed by atoms with Crippen molar-refractivity contribution in [3.8, 4) is 5.75 Å². The van der Waals surface area contributed by atoms with Gasteiger partial charge in [0.2, 0.25) is 10.0 Å². The molecule has 1 N–H and O–H groups in total. The van der Waals surface area contributed by atoms with Gasteiger partial charge in [0.15, 0.2) is 0 Å². The van der Waals surface area contributed by atoms with Crippen LogP contribution >= 0.6 is 0 Å². The molecule has 0 atom stereocenters. The molecule has 0 radical (unpaired) electrons. The number of rotatable bonds is 6. The van der Waals surface area contributed by atoms with E-state index in [4.69, 9.17) is 9.47 Å². The summed E-state index contributed by atoms with van der Waals surface area (Å²) in [4.78, 5) is 25.7. The Hall–Kier alpha value is -3.18. The van der Waals surface area contributed by atoms with Crippen molar-refractivity contribution in [2.75, 3.05) is 45.2 Å². The Morgan fingerprint density at radius 1 is 1.09 bits per heavy atom. The first-order valence-electron chi connectivity index (χ1n) is 9.93. The molecule has 1 heterocycles. The van der Waals surface area contributed by atoms with Crippen molar-refractivity contribution in [2.45, 2.75) is 11.8 Å². The standard InChI is InChI=1S/C21H24FN3O6S/c1-3-31-21(27)24-10-12-25(13-11-24)32(28,29)15-8-9-17(22)16(14-15)20(26)23-18-6-4-5-7-19(18)30-2/h4-9,14H,3,10-13H2,1-2H3,(H,23,26). The average Bonchev–Trinajstić information content (AvgIpc) is 2.79. The SMILES string of the molecule is CCOC(=O)N1CCN(S(=O)(=O)c2ccc(F)c(C(=O)Nc3ccccc3OC)c2)CC1. The van der Waals surface area contributed by atoms with Crippen LogP contribution in [0.15, 0.2) is 47.4 Å². The maximum absolute atomic E-state index is 14.4. The van der Waals surface area contributed by atoms with Crippen LogP contribution in [0.2, 0.25) is 0 Å². The summed E-state index contributed by atoms with van der Waals surface area (Å²) in [5.74, 6) is -1.29. The van der Waals surface area contributed by atoms with E-state index in [1.165, 1.54) is 16.3 Å². The summed E-state index contributed by atoms with van der Waals surface area (Å²) in [5, 5.41) is 2.54. The largest absolute Gasteiger partial charge is 0.495 e. The number of carbonyl (C=O) groups excluding carboxylic acids is 2. The van der Waals surface area contributed by atoms with Crippen molar-refractivity contribution in [3.05, 3.63) is 53.8 Å². The lowest BCUT2D eigenvalue weighted by Gasteiger charge is -2.33. The molecule has 3 rings (SSSR count). The van der Waals surface area contributed by atoms with Gasteiger partial charge in [-0.15, -0.1) is 0 Å². The maximum Gasteiger partial charge on any atom is 0.409 e. The monoisotopic (exact) mass is 465 g/mol. The van der Waals surface area contributed by atoms with Gasteiger partial charge in [0.05, 0.1) is 29.9 Å². The number of piperazine rings is 1. The highest BCUT2D eigenvalue weighted by Gasteiger charge is 2.31. The Bertz CT molecular complexity index is 1100. The summed E-state index contributed by atoms with van der Waals surface area (Å²) in [5.41, 5.74) is -0.0927. The fourth-order valence-electron chi connectivity index (χ4n) is 3.25. The minimum atomic E-state index is -4.00. The molecule has 0 saturated carbocycles. The molecule has 2 amide bonds. The van der Waals surface area contributed by atoms with Crippen LogP contribution in [0.4, 0.5) is 14.9 Å². The van der Waals surface area contributed by atoms with Crippen LogP contribution in [0.3, 0.4) is 0 Å². The van der Waals surface area contributed by atoms with Crippen molar-refractivity contribution >= 4 is 27.7 Å². The number of ether oxygens (including phenoxy) is 2. The molecule has 172 valence electrons. The molecule has 1 saturated heterocycles. The molecule has 0 spiro atoms. The number of halogens is 1. The van der Waals surface area contributed by atoms with Gasteiger partial charge in [-0.2, -0.15) is 4.31 Å². The zero-order chi connectivity index (χ0) is 23.3. The second-order valence-electron chi connectivity index (χ2n) is 6.89. The second kappa shape index (κ2) is 9.96. The third kappa shape index (κ3) is 5.00. The van der Waals surface area contributed by atoms with Crippen LogP contribution in [-0.2, 0) is 14.8 Å². The van der Waals surface area contributed by atoms with Crippen LogP contribution in [0.25, 0.3) is 0 Å². The molecule has 2 aromatic carbocycles. The molecule has 1 aliphatic heterocycles. The number of sulfonamides is 1. The first-order chi connectivity index (χ1) is 15.3. The molecule has 32 heavy (non-hydrogen) atoms.